The van der Waals surface area contributed by atoms with Crippen LogP contribution < -0.4 is 5.32 Å². The highest BCUT2D eigenvalue weighted by atomic mass is 16.5. The van der Waals surface area contributed by atoms with E-state index >= 15 is 0 Å². The molecular weight excluding hydrogens is 228 g/mol. The smallest absolute Gasteiger partial charge is 0.122 e. The molecule has 4 nitrogen and oxygen atoms in total. The van der Waals surface area contributed by atoms with E-state index < -0.39 is 0 Å². The maximum atomic E-state index is 5.54. The van der Waals surface area contributed by atoms with Crippen molar-refractivity contribution < 1.29 is 9.15 Å². The van der Waals surface area contributed by atoms with Gasteiger partial charge in [-0.1, -0.05) is 6.92 Å². The van der Waals surface area contributed by atoms with Crippen molar-refractivity contribution in [2.24, 2.45) is 0 Å². The normalized spacial score (nSPS) is 11.7. The van der Waals surface area contributed by atoms with Crippen LogP contribution in [0.1, 0.15) is 32.1 Å². The van der Waals surface area contributed by atoms with E-state index in [0.29, 0.717) is 6.10 Å². The Hall–Kier alpha value is -0.840. The van der Waals surface area contributed by atoms with Gasteiger partial charge in [0.1, 0.15) is 5.76 Å². The van der Waals surface area contributed by atoms with Crippen LogP contribution in [-0.2, 0) is 17.8 Å². The molecule has 0 bridgehead atoms. The number of hydrogen-bond acceptors (Lipinski definition) is 4. The second kappa shape index (κ2) is 8.29. The molecule has 1 aromatic heterocycles. The zero-order chi connectivity index (χ0) is 13.4. The highest BCUT2D eigenvalue weighted by Crippen LogP contribution is 2.12. The van der Waals surface area contributed by atoms with Gasteiger partial charge in [0.2, 0.25) is 0 Å². The van der Waals surface area contributed by atoms with Crippen molar-refractivity contribution in [1.29, 1.82) is 0 Å². The minimum Gasteiger partial charge on any atom is -0.468 e. The fourth-order valence-corrected chi connectivity index (χ4v) is 1.69. The van der Waals surface area contributed by atoms with Gasteiger partial charge in [0.15, 0.2) is 0 Å². The molecule has 0 saturated heterocycles. The second-order valence-corrected chi connectivity index (χ2v) is 4.81. The van der Waals surface area contributed by atoms with Crippen molar-refractivity contribution >= 4 is 0 Å². The number of hydrogen-bond donors (Lipinski definition) is 1. The third-order valence-corrected chi connectivity index (χ3v) is 2.74. The van der Waals surface area contributed by atoms with Crippen molar-refractivity contribution in [3.63, 3.8) is 0 Å². The number of nitrogens with one attached hydrogen (secondary N) is 1. The van der Waals surface area contributed by atoms with Crippen molar-refractivity contribution in [1.82, 2.24) is 10.2 Å². The summed E-state index contributed by atoms with van der Waals surface area (Å²) in [5.74, 6) is 1.04. The summed E-state index contributed by atoms with van der Waals surface area (Å²) in [7, 11) is 2.09. The molecule has 1 N–H and O–H groups in total. The number of furan rings is 1. The second-order valence-electron chi connectivity index (χ2n) is 4.81. The summed E-state index contributed by atoms with van der Waals surface area (Å²) in [6.45, 7) is 10.6. The number of ether oxygens (including phenoxy) is 1. The molecule has 0 atom stereocenters. The summed E-state index contributed by atoms with van der Waals surface area (Å²) in [6, 6.07) is 2.04. The first-order chi connectivity index (χ1) is 8.63. The van der Waals surface area contributed by atoms with Crippen LogP contribution in [0.4, 0.5) is 0 Å². The van der Waals surface area contributed by atoms with Crippen LogP contribution >= 0.6 is 0 Å². The largest absolute Gasteiger partial charge is 0.468 e. The summed E-state index contributed by atoms with van der Waals surface area (Å²) in [5.41, 5.74) is 1.24. The van der Waals surface area contributed by atoms with Gasteiger partial charge in [0, 0.05) is 18.7 Å². The van der Waals surface area contributed by atoms with Gasteiger partial charge in [0.05, 0.1) is 25.5 Å². The lowest BCUT2D eigenvalue weighted by Crippen LogP contribution is -2.24. The molecule has 0 fully saturated rings. The van der Waals surface area contributed by atoms with Gasteiger partial charge < -0.3 is 14.5 Å². The van der Waals surface area contributed by atoms with E-state index in [9.17, 15) is 0 Å². The molecule has 1 aromatic rings. The molecule has 0 aromatic carbocycles. The summed E-state index contributed by atoms with van der Waals surface area (Å²) in [6.07, 6.45) is 2.06. The van der Waals surface area contributed by atoms with Gasteiger partial charge in [0.25, 0.3) is 0 Å². The zero-order valence-electron chi connectivity index (χ0n) is 12.0. The van der Waals surface area contributed by atoms with Gasteiger partial charge >= 0.3 is 0 Å². The van der Waals surface area contributed by atoms with Crippen LogP contribution in [0, 0.1) is 0 Å². The molecule has 0 radical (unpaired) electrons. The summed E-state index contributed by atoms with van der Waals surface area (Å²) in [4.78, 5) is 2.22. The Balaban J connectivity index is 2.34. The minimum absolute atomic E-state index is 0.298. The maximum absolute atomic E-state index is 5.54. The van der Waals surface area contributed by atoms with Crippen LogP contribution in [0.25, 0.3) is 0 Å². The molecule has 1 rings (SSSR count). The van der Waals surface area contributed by atoms with Gasteiger partial charge in [-0.2, -0.15) is 0 Å². The van der Waals surface area contributed by atoms with Crippen molar-refractivity contribution in [3.05, 3.63) is 23.7 Å². The lowest BCUT2D eigenvalue weighted by molar-refractivity contribution is 0.0616. The summed E-state index contributed by atoms with van der Waals surface area (Å²) < 4.78 is 11.1. The molecular formula is C14H26N2O2. The van der Waals surface area contributed by atoms with Crippen LogP contribution in [0.5, 0.6) is 0 Å². The van der Waals surface area contributed by atoms with Crippen LogP contribution in [-0.4, -0.2) is 37.7 Å². The SMILES string of the molecule is CCNCc1ccoc1CN(C)CCOC(C)C. The van der Waals surface area contributed by atoms with Crippen LogP contribution in [0.2, 0.25) is 0 Å². The van der Waals surface area contributed by atoms with E-state index in [1.165, 1.54) is 5.56 Å². The molecule has 0 aliphatic heterocycles. The molecule has 0 spiro atoms. The van der Waals surface area contributed by atoms with E-state index in [1.807, 2.05) is 6.07 Å². The first-order valence-corrected chi connectivity index (χ1v) is 6.69. The number of nitrogens with zero attached hydrogens (tertiary/aromatic N) is 1. The third kappa shape index (κ3) is 5.67. The maximum Gasteiger partial charge on any atom is 0.122 e. The van der Waals surface area contributed by atoms with Crippen molar-refractivity contribution in [2.75, 3.05) is 26.7 Å². The third-order valence-electron chi connectivity index (χ3n) is 2.74. The summed E-state index contributed by atoms with van der Waals surface area (Å²) >= 11 is 0. The average molecular weight is 254 g/mol. The lowest BCUT2D eigenvalue weighted by atomic mass is 10.2. The fourth-order valence-electron chi connectivity index (χ4n) is 1.69. The molecule has 18 heavy (non-hydrogen) atoms. The molecule has 0 amide bonds. The highest BCUT2D eigenvalue weighted by Gasteiger charge is 2.09. The standard InChI is InChI=1S/C14H26N2O2/c1-5-15-10-13-6-8-18-14(13)11-16(4)7-9-17-12(2)3/h6,8,12,15H,5,7,9-11H2,1-4H3. The molecule has 4 heteroatoms. The first kappa shape index (κ1) is 15.2. The number of likely N-dealkylation sites (N-methyl/N-ethyl adjacent to an activating group) is 1. The van der Waals surface area contributed by atoms with Crippen LogP contribution in [0.15, 0.2) is 16.7 Å². The topological polar surface area (TPSA) is 37.6 Å². The van der Waals surface area contributed by atoms with E-state index in [4.69, 9.17) is 9.15 Å². The van der Waals surface area contributed by atoms with Gasteiger partial charge in [-0.3, -0.25) is 4.90 Å². The highest BCUT2D eigenvalue weighted by molar-refractivity contribution is 5.16. The predicted octanol–water partition coefficient (Wildman–Crippen LogP) is 2.25. The van der Waals surface area contributed by atoms with Crippen LogP contribution in [0.3, 0.4) is 0 Å². The van der Waals surface area contributed by atoms with Crippen molar-refractivity contribution in [3.8, 4) is 0 Å². The quantitative estimate of drug-likeness (QED) is 0.733. The lowest BCUT2D eigenvalue weighted by Gasteiger charge is -2.17. The predicted molar refractivity (Wildman–Crippen MR) is 73.5 cm³/mol. The van der Waals surface area contributed by atoms with E-state index in [2.05, 4.69) is 38.0 Å². The molecule has 0 aliphatic rings. The Bertz CT molecular complexity index is 323. The monoisotopic (exact) mass is 254 g/mol. The number of rotatable bonds is 9. The van der Waals surface area contributed by atoms with Gasteiger partial charge in [-0.25, -0.2) is 0 Å². The fraction of sp³-hybridized carbons (Fsp3) is 0.714. The van der Waals surface area contributed by atoms with Gasteiger partial charge in [-0.15, -0.1) is 0 Å². The van der Waals surface area contributed by atoms with Crippen molar-refractivity contribution in [2.45, 2.75) is 40.0 Å². The van der Waals surface area contributed by atoms with E-state index in [0.717, 1.165) is 38.5 Å². The molecule has 1 heterocycles. The molecule has 0 aliphatic carbocycles. The Labute approximate surface area is 110 Å². The zero-order valence-corrected chi connectivity index (χ0v) is 12.0. The Kier molecular flexibility index (Phi) is 7.01. The van der Waals surface area contributed by atoms with E-state index in [1.54, 1.807) is 6.26 Å². The molecule has 0 saturated carbocycles. The summed E-state index contributed by atoms with van der Waals surface area (Å²) in [5, 5.41) is 3.32. The average Bonchev–Trinajstić information content (AvgIpc) is 2.73. The molecule has 104 valence electrons. The molecule has 0 unspecified atom stereocenters. The Morgan fingerprint density at radius 1 is 1.44 bits per heavy atom. The Morgan fingerprint density at radius 3 is 2.89 bits per heavy atom. The minimum atomic E-state index is 0.298. The first-order valence-electron chi connectivity index (χ1n) is 6.69. The van der Waals surface area contributed by atoms with Gasteiger partial charge in [-0.05, 0) is 33.5 Å². The van der Waals surface area contributed by atoms with E-state index in [-0.39, 0.29) is 0 Å². The Morgan fingerprint density at radius 2 is 2.22 bits per heavy atom.